The summed E-state index contributed by atoms with van der Waals surface area (Å²) in [5, 5.41) is 14.5. The standard InChI is InChI=1S/C22H18N6S/c1-29-22-25-24-20(27(22)17-10-4-2-5-11-17)19-16-23-28(18-12-6-3-7-13-18)21(19)26-14-8-9-15-26/h2-16H,1H3. The van der Waals surface area contributed by atoms with Gasteiger partial charge in [0.05, 0.1) is 17.4 Å². The van der Waals surface area contributed by atoms with Crippen LogP contribution in [0.1, 0.15) is 0 Å². The molecule has 5 aromatic rings. The molecule has 0 N–H and O–H groups in total. The molecule has 6 nitrogen and oxygen atoms in total. The van der Waals surface area contributed by atoms with Crippen LogP contribution < -0.4 is 0 Å². The molecule has 7 heteroatoms. The van der Waals surface area contributed by atoms with Gasteiger partial charge < -0.3 is 4.57 Å². The summed E-state index contributed by atoms with van der Waals surface area (Å²) in [6.45, 7) is 0. The van der Waals surface area contributed by atoms with Crippen LogP contribution in [0.25, 0.3) is 28.6 Å². The largest absolute Gasteiger partial charge is 0.308 e. The van der Waals surface area contributed by atoms with Gasteiger partial charge in [-0.25, -0.2) is 4.68 Å². The van der Waals surface area contributed by atoms with E-state index >= 15 is 0 Å². The zero-order chi connectivity index (χ0) is 19.6. The van der Waals surface area contributed by atoms with E-state index in [1.54, 1.807) is 11.8 Å². The van der Waals surface area contributed by atoms with Gasteiger partial charge in [-0.15, -0.1) is 10.2 Å². The maximum atomic E-state index is 4.70. The van der Waals surface area contributed by atoms with Crippen molar-refractivity contribution >= 4 is 11.8 Å². The lowest BCUT2D eigenvalue weighted by Crippen LogP contribution is -2.06. The Labute approximate surface area is 172 Å². The minimum atomic E-state index is 0.756. The van der Waals surface area contributed by atoms with Crippen LogP contribution in [0, 0.1) is 0 Å². The molecule has 5 rings (SSSR count). The number of hydrogen-bond donors (Lipinski definition) is 0. The van der Waals surface area contributed by atoms with E-state index in [9.17, 15) is 0 Å². The van der Waals surface area contributed by atoms with Crippen LogP contribution in [0.2, 0.25) is 0 Å². The molecule has 29 heavy (non-hydrogen) atoms. The Morgan fingerprint density at radius 2 is 1.41 bits per heavy atom. The summed E-state index contributed by atoms with van der Waals surface area (Å²) in [5.41, 5.74) is 2.91. The first-order valence-electron chi connectivity index (χ1n) is 9.19. The fourth-order valence-corrected chi connectivity index (χ4v) is 3.87. The van der Waals surface area contributed by atoms with Gasteiger partial charge in [0.25, 0.3) is 0 Å². The summed E-state index contributed by atoms with van der Waals surface area (Å²) in [6.07, 6.45) is 7.89. The third-order valence-corrected chi connectivity index (χ3v) is 5.29. The van der Waals surface area contributed by atoms with Crippen molar-refractivity contribution in [3.05, 3.63) is 91.4 Å². The fourth-order valence-electron chi connectivity index (χ4n) is 3.37. The molecule has 0 fully saturated rings. The lowest BCUT2D eigenvalue weighted by atomic mass is 10.2. The summed E-state index contributed by atoms with van der Waals surface area (Å²) < 4.78 is 6.06. The van der Waals surface area contributed by atoms with Crippen LogP contribution in [-0.4, -0.2) is 35.4 Å². The van der Waals surface area contributed by atoms with Crippen molar-refractivity contribution in [2.45, 2.75) is 5.16 Å². The monoisotopic (exact) mass is 398 g/mol. The van der Waals surface area contributed by atoms with E-state index in [0.29, 0.717) is 0 Å². The second-order valence-electron chi connectivity index (χ2n) is 6.40. The van der Waals surface area contributed by atoms with E-state index in [-0.39, 0.29) is 0 Å². The van der Waals surface area contributed by atoms with Gasteiger partial charge in [0, 0.05) is 18.1 Å². The van der Waals surface area contributed by atoms with Gasteiger partial charge in [-0.2, -0.15) is 5.10 Å². The van der Waals surface area contributed by atoms with Gasteiger partial charge in [-0.1, -0.05) is 48.2 Å². The maximum absolute atomic E-state index is 4.70. The average Bonchev–Trinajstić information content (AvgIpc) is 3.53. The molecular weight excluding hydrogens is 380 g/mol. The number of thioether (sulfide) groups is 1. The van der Waals surface area contributed by atoms with Gasteiger partial charge in [-0.3, -0.25) is 4.57 Å². The van der Waals surface area contributed by atoms with Crippen LogP contribution in [0.4, 0.5) is 0 Å². The highest BCUT2D eigenvalue weighted by atomic mass is 32.2. The molecular formula is C22H18N6S. The fraction of sp³-hybridized carbons (Fsp3) is 0.0455. The number of benzene rings is 2. The van der Waals surface area contributed by atoms with Crippen LogP contribution in [0.5, 0.6) is 0 Å². The normalized spacial score (nSPS) is 11.1. The lowest BCUT2D eigenvalue weighted by Gasteiger charge is -2.12. The van der Waals surface area contributed by atoms with Crippen molar-refractivity contribution in [3.63, 3.8) is 0 Å². The quantitative estimate of drug-likeness (QED) is 0.405. The highest BCUT2D eigenvalue weighted by Gasteiger charge is 2.22. The molecule has 0 saturated carbocycles. The average molecular weight is 398 g/mol. The molecule has 0 bridgehead atoms. The lowest BCUT2D eigenvalue weighted by molar-refractivity contribution is 0.823. The molecule has 0 unspecified atom stereocenters. The summed E-state index contributed by atoms with van der Waals surface area (Å²) >= 11 is 1.57. The minimum absolute atomic E-state index is 0.756. The number of para-hydroxylation sites is 2. The second kappa shape index (κ2) is 7.44. The van der Waals surface area contributed by atoms with Crippen molar-refractivity contribution < 1.29 is 0 Å². The molecule has 0 aliphatic carbocycles. The molecule has 0 saturated heterocycles. The molecule has 0 atom stereocenters. The number of aromatic nitrogens is 6. The minimum Gasteiger partial charge on any atom is -0.308 e. The van der Waals surface area contributed by atoms with Crippen LogP contribution in [-0.2, 0) is 0 Å². The number of rotatable bonds is 5. The summed E-state index contributed by atoms with van der Waals surface area (Å²) in [6, 6.07) is 24.3. The Hall–Kier alpha value is -3.58. The molecule has 0 aliphatic heterocycles. The molecule has 0 amide bonds. The highest BCUT2D eigenvalue weighted by molar-refractivity contribution is 7.98. The molecule has 2 aromatic carbocycles. The Balaban J connectivity index is 1.77. The van der Waals surface area contributed by atoms with Crippen LogP contribution >= 0.6 is 11.8 Å². The van der Waals surface area contributed by atoms with Crippen LogP contribution in [0.3, 0.4) is 0 Å². The maximum Gasteiger partial charge on any atom is 0.195 e. The van der Waals surface area contributed by atoms with E-state index in [4.69, 9.17) is 5.10 Å². The topological polar surface area (TPSA) is 53.5 Å². The summed E-state index contributed by atoms with van der Waals surface area (Å²) in [4.78, 5) is 0. The second-order valence-corrected chi connectivity index (χ2v) is 7.17. The Bertz CT molecular complexity index is 1220. The van der Waals surface area contributed by atoms with Gasteiger partial charge in [-0.05, 0) is 42.7 Å². The predicted molar refractivity (Wildman–Crippen MR) is 115 cm³/mol. The Morgan fingerprint density at radius 3 is 2.07 bits per heavy atom. The molecule has 0 aliphatic rings. The van der Waals surface area contributed by atoms with E-state index in [1.807, 2.05) is 90.2 Å². The van der Waals surface area contributed by atoms with Gasteiger partial charge in [0.1, 0.15) is 0 Å². The van der Waals surface area contributed by atoms with Crippen molar-refractivity contribution in [1.82, 2.24) is 29.1 Å². The smallest absolute Gasteiger partial charge is 0.195 e. The SMILES string of the molecule is CSc1nnc(-c2cnn(-c3ccccc3)c2-n2cccc2)n1-c1ccccc1. The first-order chi connectivity index (χ1) is 14.4. The van der Waals surface area contributed by atoms with Crippen molar-refractivity contribution in [3.8, 4) is 28.6 Å². The molecule has 3 aromatic heterocycles. The van der Waals surface area contributed by atoms with E-state index in [1.165, 1.54) is 0 Å². The molecule has 0 radical (unpaired) electrons. The van der Waals surface area contributed by atoms with Gasteiger partial charge in [0.2, 0.25) is 0 Å². The first-order valence-corrected chi connectivity index (χ1v) is 10.4. The highest BCUT2D eigenvalue weighted by Crippen LogP contribution is 2.32. The molecule has 3 heterocycles. The van der Waals surface area contributed by atoms with Crippen molar-refractivity contribution in [2.75, 3.05) is 6.26 Å². The predicted octanol–water partition coefficient (Wildman–Crippen LogP) is 4.63. The van der Waals surface area contributed by atoms with Gasteiger partial charge >= 0.3 is 0 Å². The van der Waals surface area contributed by atoms with Crippen molar-refractivity contribution in [2.24, 2.45) is 0 Å². The summed E-state index contributed by atoms with van der Waals surface area (Å²) in [7, 11) is 0. The first kappa shape index (κ1) is 17.5. The Morgan fingerprint density at radius 1 is 0.759 bits per heavy atom. The van der Waals surface area contributed by atoms with Crippen LogP contribution in [0.15, 0.2) is 96.5 Å². The molecule has 0 spiro atoms. The number of nitrogens with zero attached hydrogens (tertiary/aromatic N) is 6. The van der Waals surface area contributed by atoms with E-state index < -0.39 is 0 Å². The Kier molecular flexibility index (Phi) is 4.50. The van der Waals surface area contributed by atoms with Crippen molar-refractivity contribution in [1.29, 1.82) is 0 Å². The third-order valence-electron chi connectivity index (χ3n) is 4.66. The zero-order valence-electron chi connectivity index (χ0n) is 15.8. The van der Waals surface area contributed by atoms with E-state index in [2.05, 4.69) is 31.5 Å². The summed E-state index contributed by atoms with van der Waals surface area (Å²) in [5.74, 6) is 1.67. The van der Waals surface area contributed by atoms with E-state index in [0.717, 1.165) is 33.7 Å². The zero-order valence-corrected chi connectivity index (χ0v) is 16.6. The number of hydrogen-bond acceptors (Lipinski definition) is 4. The molecule has 142 valence electrons. The van der Waals surface area contributed by atoms with Gasteiger partial charge in [0.15, 0.2) is 16.8 Å². The third kappa shape index (κ3) is 3.05.